The number of hydrogen-bond acceptors (Lipinski definition) is 2. The van der Waals surface area contributed by atoms with E-state index in [9.17, 15) is 4.39 Å². The van der Waals surface area contributed by atoms with Crippen molar-refractivity contribution in [2.45, 2.75) is 52.2 Å². The molecule has 23 heavy (non-hydrogen) atoms. The van der Waals surface area contributed by atoms with Gasteiger partial charge in [-0.3, -0.25) is 0 Å². The smallest absolute Gasteiger partial charge is 0.398 e. The van der Waals surface area contributed by atoms with Crippen molar-refractivity contribution >= 4 is 18.0 Å². The van der Waals surface area contributed by atoms with E-state index in [1.807, 2.05) is 58.2 Å². The van der Waals surface area contributed by atoms with Crippen molar-refractivity contribution in [1.82, 2.24) is 4.98 Å². The van der Waals surface area contributed by atoms with Crippen LogP contribution in [-0.2, 0) is 15.7 Å². The number of aromatic nitrogens is 1. The molecule has 0 atom stereocenters. The maximum Gasteiger partial charge on any atom is 0.525 e. The van der Waals surface area contributed by atoms with Crippen molar-refractivity contribution in [3.63, 3.8) is 0 Å². The van der Waals surface area contributed by atoms with Crippen LogP contribution in [0.15, 0.2) is 41.8 Å². The Labute approximate surface area is 137 Å². The molecule has 3 nitrogen and oxygen atoms in total. The first-order valence-electron chi connectivity index (χ1n) is 7.97. The fourth-order valence-electron chi connectivity index (χ4n) is 2.80. The molecule has 0 unspecified atom stereocenters. The van der Waals surface area contributed by atoms with Gasteiger partial charge in [0.2, 0.25) is 0 Å². The van der Waals surface area contributed by atoms with Gasteiger partial charge in [0.15, 0.2) is 0 Å². The summed E-state index contributed by atoms with van der Waals surface area (Å²) in [5.74, 6) is 0. The van der Waals surface area contributed by atoms with Crippen LogP contribution in [0, 0.1) is 0 Å². The Morgan fingerprint density at radius 3 is 2.39 bits per heavy atom. The van der Waals surface area contributed by atoms with Gasteiger partial charge >= 0.3 is 7.12 Å². The standard InChI is InChI=1S/C18H23BFNO2/c1-12(10-13-11-21-15-9-7-6-8-14(13)15)16(20)19-22-17(2,3)18(4,5)23-19/h6-9,11,21H,10H2,1-5H3. The van der Waals surface area contributed by atoms with Crippen molar-refractivity contribution in [3.05, 3.63) is 47.3 Å². The van der Waals surface area contributed by atoms with Gasteiger partial charge in [-0.1, -0.05) is 18.2 Å². The molecule has 1 aromatic carbocycles. The summed E-state index contributed by atoms with van der Waals surface area (Å²) in [6.07, 6.45) is 2.46. The Bertz CT molecular complexity index is 747. The van der Waals surface area contributed by atoms with Gasteiger partial charge < -0.3 is 14.3 Å². The fourth-order valence-corrected chi connectivity index (χ4v) is 2.80. The summed E-state index contributed by atoms with van der Waals surface area (Å²) in [6, 6.07) is 8.03. The van der Waals surface area contributed by atoms with E-state index in [0.29, 0.717) is 12.0 Å². The van der Waals surface area contributed by atoms with E-state index in [1.54, 1.807) is 6.92 Å². The maximum absolute atomic E-state index is 14.8. The van der Waals surface area contributed by atoms with E-state index in [1.165, 1.54) is 0 Å². The van der Waals surface area contributed by atoms with E-state index in [2.05, 4.69) is 4.98 Å². The maximum atomic E-state index is 14.8. The second-order valence-electron chi connectivity index (χ2n) is 7.25. The average Bonchev–Trinajstić information content (AvgIpc) is 2.97. The van der Waals surface area contributed by atoms with Gasteiger partial charge in [0.25, 0.3) is 0 Å². The van der Waals surface area contributed by atoms with Crippen molar-refractivity contribution in [3.8, 4) is 0 Å². The van der Waals surface area contributed by atoms with Gasteiger partial charge in [-0.25, -0.2) is 4.39 Å². The summed E-state index contributed by atoms with van der Waals surface area (Å²) in [5.41, 5.74) is 1.38. The average molecular weight is 315 g/mol. The summed E-state index contributed by atoms with van der Waals surface area (Å²) in [5, 5.41) is 1.12. The molecule has 1 saturated heterocycles. The summed E-state index contributed by atoms with van der Waals surface area (Å²) in [6.45, 7) is 9.50. The SMILES string of the molecule is CC(Cc1c[nH]c2ccccc12)=C(F)B1OC(C)(C)C(C)(C)O1. The Kier molecular flexibility index (Phi) is 3.89. The van der Waals surface area contributed by atoms with Crippen molar-refractivity contribution in [2.75, 3.05) is 0 Å². The van der Waals surface area contributed by atoms with Crippen LogP contribution < -0.4 is 0 Å². The third-order valence-electron chi connectivity index (χ3n) is 5.00. The zero-order valence-corrected chi connectivity index (χ0v) is 14.4. The fraction of sp³-hybridized carbons (Fsp3) is 0.444. The molecule has 1 fully saturated rings. The first-order valence-corrected chi connectivity index (χ1v) is 7.97. The van der Waals surface area contributed by atoms with Crippen LogP contribution in [-0.4, -0.2) is 23.3 Å². The third kappa shape index (κ3) is 2.84. The Morgan fingerprint density at radius 1 is 1.13 bits per heavy atom. The topological polar surface area (TPSA) is 34.2 Å². The van der Waals surface area contributed by atoms with Crippen LogP contribution in [0.3, 0.4) is 0 Å². The molecule has 1 N–H and O–H groups in total. The first kappa shape index (κ1) is 16.3. The lowest BCUT2D eigenvalue weighted by Gasteiger charge is -2.32. The normalized spacial score (nSPS) is 20.9. The molecule has 2 aromatic rings. The van der Waals surface area contributed by atoms with Gasteiger partial charge in [0.1, 0.15) is 5.73 Å². The van der Waals surface area contributed by atoms with Crippen molar-refractivity contribution in [1.29, 1.82) is 0 Å². The van der Waals surface area contributed by atoms with Crippen molar-refractivity contribution in [2.24, 2.45) is 0 Å². The molecule has 5 heteroatoms. The second-order valence-corrected chi connectivity index (χ2v) is 7.25. The summed E-state index contributed by atoms with van der Waals surface area (Å²) >= 11 is 0. The number of rotatable bonds is 3. The van der Waals surface area contributed by atoms with Crippen LogP contribution in [0.4, 0.5) is 4.39 Å². The zero-order chi connectivity index (χ0) is 16.8. The Balaban J connectivity index is 1.84. The molecule has 0 aliphatic carbocycles. The summed E-state index contributed by atoms with van der Waals surface area (Å²) < 4.78 is 26.4. The number of hydrogen-bond donors (Lipinski definition) is 1. The van der Waals surface area contributed by atoms with Gasteiger partial charge in [0.05, 0.1) is 11.2 Å². The lowest BCUT2D eigenvalue weighted by atomic mass is 9.83. The van der Waals surface area contributed by atoms with Crippen molar-refractivity contribution < 1.29 is 13.7 Å². The number of benzene rings is 1. The lowest BCUT2D eigenvalue weighted by molar-refractivity contribution is 0.00578. The van der Waals surface area contributed by atoms with E-state index >= 15 is 0 Å². The molecule has 0 radical (unpaired) electrons. The first-order chi connectivity index (χ1) is 10.7. The molecule has 1 aliphatic heterocycles. The predicted molar refractivity (Wildman–Crippen MR) is 91.9 cm³/mol. The highest BCUT2D eigenvalue weighted by molar-refractivity contribution is 6.53. The predicted octanol–water partition coefficient (Wildman–Crippen LogP) is 4.59. The largest absolute Gasteiger partial charge is 0.525 e. The summed E-state index contributed by atoms with van der Waals surface area (Å²) in [7, 11) is -0.926. The van der Waals surface area contributed by atoms with E-state index < -0.39 is 18.3 Å². The number of aromatic amines is 1. The van der Waals surface area contributed by atoms with E-state index in [-0.39, 0.29) is 5.73 Å². The zero-order valence-electron chi connectivity index (χ0n) is 14.4. The van der Waals surface area contributed by atoms with Gasteiger partial charge in [0, 0.05) is 17.1 Å². The van der Waals surface area contributed by atoms with Crippen LogP contribution >= 0.6 is 0 Å². The van der Waals surface area contributed by atoms with Gasteiger partial charge in [-0.2, -0.15) is 0 Å². The molecular formula is C18H23BFNO2. The Morgan fingerprint density at radius 2 is 1.74 bits per heavy atom. The minimum absolute atomic E-state index is 0.325. The third-order valence-corrected chi connectivity index (χ3v) is 5.00. The molecule has 1 aromatic heterocycles. The number of fused-ring (bicyclic) bond motifs is 1. The van der Waals surface area contributed by atoms with Gasteiger partial charge in [-0.15, -0.1) is 0 Å². The molecule has 0 saturated carbocycles. The second kappa shape index (κ2) is 5.50. The summed E-state index contributed by atoms with van der Waals surface area (Å²) in [4.78, 5) is 3.22. The molecule has 0 spiro atoms. The molecule has 0 amide bonds. The quantitative estimate of drug-likeness (QED) is 0.841. The highest BCUT2D eigenvalue weighted by atomic mass is 19.1. The molecule has 0 bridgehead atoms. The van der Waals surface area contributed by atoms with Crippen LogP contribution in [0.25, 0.3) is 10.9 Å². The lowest BCUT2D eigenvalue weighted by Crippen LogP contribution is -2.41. The minimum Gasteiger partial charge on any atom is -0.398 e. The molecule has 1 aliphatic rings. The molecule has 3 rings (SSSR count). The molecular weight excluding hydrogens is 292 g/mol. The van der Waals surface area contributed by atoms with Crippen LogP contribution in [0.1, 0.15) is 40.2 Å². The van der Waals surface area contributed by atoms with Crippen LogP contribution in [0.2, 0.25) is 0 Å². The highest BCUT2D eigenvalue weighted by Gasteiger charge is 2.53. The highest BCUT2D eigenvalue weighted by Crippen LogP contribution is 2.39. The van der Waals surface area contributed by atoms with Gasteiger partial charge in [-0.05, 0) is 58.2 Å². The Hall–Kier alpha value is -1.59. The van der Waals surface area contributed by atoms with Crippen LogP contribution in [0.5, 0.6) is 0 Å². The number of H-pyrrole nitrogens is 1. The number of para-hydroxylation sites is 1. The molecule has 122 valence electrons. The number of allylic oxidation sites excluding steroid dienone is 1. The van der Waals surface area contributed by atoms with E-state index in [0.717, 1.165) is 16.5 Å². The number of halogens is 1. The monoisotopic (exact) mass is 315 g/mol. The minimum atomic E-state index is -0.926. The van der Waals surface area contributed by atoms with E-state index in [4.69, 9.17) is 9.31 Å². The molecule has 2 heterocycles. The number of nitrogens with one attached hydrogen (secondary N) is 1.